The number of hydrogen-bond donors (Lipinski definition) is 2. The summed E-state index contributed by atoms with van der Waals surface area (Å²) in [5.74, 6) is 0.807. The molecule has 4 nitrogen and oxygen atoms in total. The Bertz CT molecular complexity index is 671. The Labute approximate surface area is 142 Å². The van der Waals surface area contributed by atoms with E-state index in [9.17, 15) is 4.79 Å². The van der Waals surface area contributed by atoms with Crippen LogP contribution in [0.3, 0.4) is 0 Å². The number of quaternary nitrogens is 1. The standard InChI is InChI=1S/C18H21ClN2O2/c1-13-16(19)5-4-6-17(13)20-18(22)12-21(2)11-14-7-9-15(23-3)10-8-14/h4-10H,11-12H2,1-3H3,(H,20,22)/p+1. The summed E-state index contributed by atoms with van der Waals surface area (Å²) in [6.45, 7) is 3.05. The van der Waals surface area contributed by atoms with Gasteiger partial charge in [-0.15, -0.1) is 0 Å². The Kier molecular flexibility index (Phi) is 6.02. The van der Waals surface area contributed by atoms with Gasteiger partial charge < -0.3 is 15.0 Å². The van der Waals surface area contributed by atoms with Gasteiger partial charge >= 0.3 is 0 Å². The lowest BCUT2D eigenvalue weighted by molar-refractivity contribution is -0.885. The molecule has 2 rings (SSSR count). The molecule has 0 spiro atoms. The van der Waals surface area contributed by atoms with E-state index in [1.807, 2.05) is 56.4 Å². The van der Waals surface area contributed by atoms with E-state index in [2.05, 4.69) is 5.32 Å². The molecule has 0 heterocycles. The molecule has 5 heteroatoms. The number of nitrogens with one attached hydrogen (secondary N) is 2. The zero-order chi connectivity index (χ0) is 16.8. The average molecular weight is 334 g/mol. The molecule has 2 aromatic carbocycles. The Morgan fingerprint density at radius 3 is 2.57 bits per heavy atom. The van der Waals surface area contributed by atoms with E-state index >= 15 is 0 Å². The number of benzene rings is 2. The molecule has 0 fully saturated rings. The van der Waals surface area contributed by atoms with Crippen LogP contribution >= 0.6 is 11.6 Å². The highest BCUT2D eigenvalue weighted by Crippen LogP contribution is 2.22. The molecule has 1 unspecified atom stereocenters. The first-order chi connectivity index (χ1) is 11.0. The summed E-state index contributed by atoms with van der Waals surface area (Å²) in [7, 11) is 3.64. The molecule has 1 atom stereocenters. The molecule has 0 aromatic heterocycles. The molecule has 1 amide bonds. The Morgan fingerprint density at radius 1 is 1.22 bits per heavy atom. The smallest absolute Gasteiger partial charge is 0.279 e. The van der Waals surface area contributed by atoms with Crippen molar-refractivity contribution < 1.29 is 14.4 Å². The van der Waals surface area contributed by atoms with Gasteiger partial charge in [0.15, 0.2) is 6.54 Å². The first kappa shape index (κ1) is 17.3. The van der Waals surface area contributed by atoms with Gasteiger partial charge in [-0.25, -0.2) is 0 Å². The molecule has 0 aliphatic rings. The number of hydrogen-bond acceptors (Lipinski definition) is 2. The fraction of sp³-hybridized carbons (Fsp3) is 0.278. The quantitative estimate of drug-likeness (QED) is 0.852. The molecule has 2 aromatic rings. The molecule has 0 aliphatic carbocycles. The maximum atomic E-state index is 12.2. The summed E-state index contributed by atoms with van der Waals surface area (Å²) in [6.07, 6.45) is 0. The monoisotopic (exact) mass is 333 g/mol. The Hall–Kier alpha value is -2.04. The van der Waals surface area contributed by atoms with Crippen molar-refractivity contribution in [2.75, 3.05) is 26.0 Å². The topological polar surface area (TPSA) is 42.8 Å². The highest BCUT2D eigenvalue weighted by atomic mass is 35.5. The number of rotatable bonds is 6. The van der Waals surface area contributed by atoms with Gasteiger partial charge in [0.2, 0.25) is 0 Å². The lowest BCUT2D eigenvalue weighted by atomic mass is 10.2. The summed E-state index contributed by atoms with van der Waals surface area (Å²) >= 11 is 6.07. The number of carbonyl (C=O) groups excluding carboxylic acids is 1. The Morgan fingerprint density at radius 2 is 1.91 bits per heavy atom. The van der Waals surface area contributed by atoms with E-state index in [-0.39, 0.29) is 5.91 Å². The summed E-state index contributed by atoms with van der Waals surface area (Å²) in [5.41, 5.74) is 2.81. The van der Waals surface area contributed by atoms with Crippen molar-refractivity contribution in [3.8, 4) is 5.75 Å². The average Bonchev–Trinajstić information content (AvgIpc) is 2.52. The summed E-state index contributed by atoms with van der Waals surface area (Å²) in [6, 6.07) is 13.4. The van der Waals surface area contributed by atoms with E-state index < -0.39 is 0 Å². The lowest BCUT2D eigenvalue weighted by Crippen LogP contribution is -3.08. The van der Waals surface area contributed by atoms with Gasteiger partial charge in [-0.05, 0) is 48.9 Å². The predicted octanol–water partition coefficient (Wildman–Crippen LogP) is 2.31. The zero-order valence-corrected chi connectivity index (χ0v) is 14.4. The van der Waals surface area contributed by atoms with Gasteiger partial charge in [-0.2, -0.15) is 0 Å². The van der Waals surface area contributed by atoms with Crippen molar-refractivity contribution in [2.45, 2.75) is 13.5 Å². The van der Waals surface area contributed by atoms with E-state index in [0.717, 1.165) is 34.0 Å². The summed E-state index contributed by atoms with van der Waals surface area (Å²) < 4.78 is 5.14. The van der Waals surface area contributed by atoms with Crippen molar-refractivity contribution in [3.63, 3.8) is 0 Å². The van der Waals surface area contributed by atoms with Crippen LogP contribution in [-0.4, -0.2) is 26.6 Å². The normalized spacial score (nSPS) is 11.8. The predicted molar refractivity (Wildman–Crippen MR) is 93.3 cm³/mol. The zero-order valence-electron chi connectivity index (χ0n) is 13.7. The maximum absolute atomic E-state index is 12.2. The molecular formula is C18H22ClN2O2+. The van der Waals surface area contributed by atoms with Gasteiger partial charge in [0.05, 0.1) is 14.2 Å². The number of ether oxygens (including phenoxy) is 1. The van der Waals surface area contributed by atoms with Crippen molar-refractivity contribution in [2.24, 2.45) is 0 Å². The molecule has 0 saturated heterocycles. The fourth-order valence-electron chi connectivity index (χ4n) is 2.37. The van der Waals surface area contributed by atoms with Crippen LogP contribution in [0.25, 0.3) is 0 Å². The van der Waals surface area contributed by atoms with Gasteiger partial charge in [0.1, 0.15) is 12.3 Å². The van der Waals surface area contributed by atoms with Gasteiger partial charge in [-0.3, -0.25) is 4.79 Å². The second-order valence-corrected chi connectivity index (χ2v) is 6.03. The van der Waals surface area contributed by atoms with Crippen molar-refractivity contribution in [3.05, 3.63) is 58.6 Å². The van der Waals surface area contributed by atoms with Crippen LogP contribution in [-0.2, 0) is 11.3 Å². The van der Waals surface area contributed by atoms with E-state index in [1.165, 1.54) is 0 Å². The maximum Gasteiger partial charge on any atom is 0.279 e. The highest BCUT2D eigenvalue weighted by molar-refractivity contribution is 6.31. The molecule has 0 radical (unpaired) electrons. The number of halogens is 1. The van der Waals surface area contributed by atoms with Crippen LogP contribution < -0.4 is 15.0 Å². The van der Waals surface area contributed by atoms with Gasteiger partial charge in [0.25, 0.3) is 5.91 Å². The molecule has 2 N–H and O–H groups in total. The largest absolute Gasteiger partial charge is 0.497 e. The highest BCUT2D eigenvalue weighted by Gasteiger charge is 2.12. The fourth-order valence-corrected chi connectivity index (χ4v) is 2.54. The van der Waals surface area contributed by atoms with Crippen LogP contribution in [0.5, 0.6) is 5.75 Å². The third-order valence-electron chi connectivity index (χ3n) is 3.67. The van der Waals surface area contributed by atoms with Crippen molar-refractivity contribution in [1.29, 1.82) is 0 Å². The van der Waals surface area contributed by atoms with Crippen LogP contribution in [0.2, 0.25) is 5.02 Å². The van der Waals surface area contributed by atoms with E-state index in [1.54, 1.807) is 7.11 Å². The lowest BCUT2D eigenvalue weighted by Gasteiger charge is -2.15. The molecule has 0 saturated carbocycles. The number of methoxy groups -OCH3 is 1. The van der Waals surface area contributed by atoms with E-state index in [0.29, 0.717) is 11.6 Å². The van der Waals surface area contributed by atoms with Crippen LogP contribution in [0.4, 0.5) is 5.69 Å². The van der Waals surface area contributed by atoms with Crippen molar-refractivity contribution >= 4 is 23.2 Å². The second-order valence-electron chi connectivity index (χ2n) is 5.62. The number of carbonyl (C=O) groups is 1. The molecule has 0 aliphatic heterocycles. The first-order valence-electron chi connectivity index (χ1n) is 7.49. The van der Waals surface area contributed by atoms with E-state index in [4.69, 9.17) is 16.3 Å². The minimum atomic E-state index is -0.0265. The summed E-state index contributed by atoms with van der Waals surface area (Å²) in [5, 5.41) is 3.58. The van der Waals surface area contributed by atoms with Gasteiger partial charge in [0, 0.05) is 16.3 Å². The third-order valence-corrected chi connectivity index (χ3v) is 4.08. The first-order valence-corrected chi connectivity index (χ1v) is 7.86. The number of anilines is 1. The molecular weight excluding hydrogens is 312 g/mol. The summed E-state index contributed by atoms with van der Waals surface area (Å²) in [4.78, 5) is 13.3. The molecule has 0 bridgehead atoms. The minimum Gasteiger partial charge on any atom is -0.497 e. The van der Waals surface area contributed by atoms with Crippen LogP contribution in [0.1, 0.15) is 11.1 Å². The van der Waals surface area contributed by atoms with Crippen LogP contribution in [0, 0.1) is 6.92 Å². The molecule has 122 valence electrons. The van der Waals surface area contributed by atoms with Gasteiger partial charge in [-0.1, -0.05) is 17.7 Å². The third kappa shape index (κ3) is 4.98. The van der Waals surface area contributed by atoms with Crippen LogP contribution in [0.15, 0.2) is 42.5 Å². The molecule has 23 heavy (non-hydrogen) atoms. The number of amides is 1. The SMILES string of the molecule is COc1ccc(C[NH+](C)CC(=O)Nc2cccc(Cl)c2C)cc1. The minimum absolute atomic E-state index is 0.0265. The Balaban J connectivity index is 1.90. The second kappa shape index (κ2) is 7.99. The number of likely N-dealkylation sites (N-methyl/N-ethyl adjacent to an activating group) is 1. The van der Waals surface area contributed by atoms with Crippen molar-refractivity contribution in [1.82, 2.24) is 0 Å².